The molecule has 1 fully saturated rings. The Morgan fingerprint density at radius 2 is 2.17 bits per heavy atom. The summed E-state index contributed by atoms with van der Waals surface area (Å²) in [6, 6.07) is 1.78. The molecule has 1 N–H and O–H groups in total. The van der Waals surface area contributed by atoms with E-state index in [0.717, 1.165) is 10.9 Å². The van der Waals surface area contributed by atoms with Gasteiger partial charge in [0.1, 0.15) is 16.6 Å². The van der Waals surface area contributed by atoms with Crippen molar-refractivity contribution >= 4 is 34.4 Å². The third-order valence-electron chi connectivity index (χ3n) is 3.85. The zero-order valence-corrected chi connectivity index (χ0v) is 14.7. The number of halogens is 1. The Labute approximate surface area is 145 Å². The van der Waals surface area contributed by atoms with E-state index in [0.29, 0.717) is 24.5 Å². The second-order valence-electron chi connectivity index (χ2n) is 6.88. The summed E-state index contributed by atoms with van der Waals surface area (Å²) in [4.78, 5) is 17.7. The molecule has 0 saturated carbocycles. The molecule has 3 heterocycles. The van der Waals surface area contributed by atoms with Crippen LogP contribution in [0.5, 0.6) is 0 Å². The average molecular weight is 350 g/mol. The third kappa shape index (κ3) is 3.36. The van der Waals surface area contributed by atoms with Gasteiger partial charge in [0.2, 0.25) is 0 Å². The number of piperidine rings is 1. The van der Waals surface area contributed by atoms with Gasteiger partial charge in [-0.05, 0) is 33.3 Å². The lowest BCUT2D eigenvalue weighted by atomic mass is 10.0. The Bertz CT molecular complexity index is 795. The maximum atomic E-state index is 12.2. The van der Waals surface area contributed by atoms with Crippen molar-refractivity contribution in [2.75, 3.05) is 6.54 Å². The molecule has 1 saturated heterocycles. The molecule has 1 aliphatic heterocycles. The number of rotatable bonds is 1. The molecular weight excluding hydrogens is 330 g/mol. The third-order valence-corrected chi connectivity index (χ3v) is 4.06. The van der Waals surface area contributed by atoms with Crippen molar-refractivity contribution in [3.63, 3.8) is 0 Å². The fourth-order valence-corrected chi connectivity index (χ4v) is 2.95. The second kappa shape index (κ2) is 6.05. The summed E-state index contributed by atoms with van der Waals surface area (Å²) in [6.07, 6.45) is 4.07. The first-order valence-electron chi connectivity index (χ1n) is 7.81. The molecule has 8 heteroatoms. The van der Waals surface area contributed by atoms with Crippen molar-refractivity contribution in [3.8, 4) is 0 Å². The van der Waals surface area contributed by atoms with Gasteiger partial charge in [-0.15, -0.1) is 0 Å². The van der Waals surface area contributed by atoms with Gasteiger partial charge in [-0.3, -0.25) is 15.0 Å². The fraction of sp³-hybridized carbons (Fsp3) is 0.500. The molecule has 2 aromatic rings. The number of amides is 1. The van der Waals surface area contributed by atoms with Gasteiger partial charge < -0.3 is 4.74 Å². The summed E-state index contributed by atoms with van der Waals surface area (Å²) in [5, 5.41) is 14.0. The molecule has 0 radical (unpaired) electrons. The lowest BCUT2D eigenvalue weighted by molar-refractivity contribution is 0.0342. The van der Waals surface area contributed by atoms with Crippen molar-refractivity contribution in [1.29, 1.82) is 5.41 Å². The molecule has 1 amide bonds. The number of aromatic nitrogens is 3. The average Bonchev–Trinajstić information content (AvgIpc) is 2.87. The molecule has 0 aromatic carbocycles. The van der Waals surface area contributed by atoms with Crippen molar-refractivity contribution in [2.24, 2.45) is 0 Å². The molecule has 128 valence electrons. The number of hydrogen-bond acceptors (Lipinski definition) is 5. The summed E-state index contributed by atoms with van der Waals surface area (Å²) >= 11 is 5.90. The van der Waals surface area contributed by atoms with Crippen molar-refractivity contribution in [3.05, 3.63) is 23.6 Å². The van der Waals surface area contributed by atoms with Gasteiger partial charge in [0.05, 0.1) is 24.0 Å². The van der Waals surface area contributed by atoms with Crippen LogP contribution in [-0.4, -0.2) is 43.7 Å². The molecule has 0 bridgehead atoms. The number of nitrogens with one attached hydrogen (secondary N) is 1. The van der Waals surface area contributed by atoms with Gasteiger partial charge in [0.15, 0.2) is 0 Å². The van der Waals surface area contributed by atoms with Crippen LogP contribution >= 0.6 is 11.6 Å². The number of fused-ring (bicyclic) bond motifs is 1. The van der Waals surface area contributed by atoms with E-state index in [-0.39, 0.29) is 11.9 Å². The molecule has 1 unspecified atom stereocenters. The minimum Gasteiger partial charge on any atom is -0.443 e. The van der Waals surface area contributed by atoms with E-state index in [9.17, 15) is 4.79 Å². The van der Waals surface area contributed by atoms with Crippen LogP contribution in [0.1, 0.15) is 39.7 Å². The monoisotopic (exact) mass is 349 g/mol. The first-order valence-corrected chi connectivity index (χ1v) is 8.19. The Balaban J connectivity index is 1.75. The van der Waals surface area contributed by atoms with Gasteiger partial charge in [-0.1, -0.05) is 11.6 Å². The summed E-state index contributed by atoms with van der Waals surface area (Å²) in [7, 11) is 0. The molecule has 24 heavy (non-hydrogen) atoms. The predicted molar refractivity (Wildman–Crippen MR) is 91.5 cm³/mol. The SMILES string of the molecule is CC(C)(C)OC(=O)N1CCC(n2ncc3cc(Cl)ncc32)CC1=N. The highest BCUT2D eigenvalue weighted by Gasteiger charge is 2.32. The van der Waals surface area contributed by atoms with Crippen LogP contribution in [0.4, 0.5) is 4.79 Å². The summed E-state index contributed by atoms with van der Waals surface area (Å²) in [5.74, 6) is 0.242. The first-order chi connectivity index (χ1) is 11.2. The van der Waals surface area contributed by atoms with Crippen molar-refractivity contribution in [1.82, 2.24) is 19.7 Å². The minimum atomic E-state index is -0.572. The molecular formula is C16H20ClN5O2. The summed E-state index contributed by atoms with van der Waals surface area (Å²) in [5.41, 5.74) is 0.306. The van der Waals surface area contributed by atoms with E-state index in [1.807, 2.05) is 25.5 Å². The first kappa shape index (κ1) is 16.7. The van der Waals surface area contributed by atoms with Gasteiger partial charge >= 0.3 is 6.09 Å². The van der Waals surface area contributed by atoms with Crippen LogP contribution in [0.15, 0.2) is 18.5 Å². The smallest absolute Gasteiger partial charge is 0.415 e. The largest absolute Gasteiger partial charge is 0.443 e. The molecule has 1 aliphatic rings. The van der Waals surface area contributed by atoms with E-state index < -0.39 is 11.7 Å². The van der Waals surface area contributed by atoms with Crippen molar-refractivity contribution < 1.29 is 9.53 Å². The van der Waals surface area contributed by atoms with Crippen LogP contribution in [0.3, 0.4) is 0 Å². The van der Waals surface area contributed by atoms with Crippen LogP contribution in [0, 0.1) is 5.41 Å². The zero-order valence-electron chi connectivity index (χ0n) is 13.9. The van der Waals surface area contributed by atoms with Gasteiger partial charge in [-0.2, -0.15) is 5.10 Å². The number of ether oxygens (including phenoxy) is 1. The quantitative estimate of drug-likeness (QED) is 0.796. The molecule has 3 rings (SSSR count). The predicted octanol–water partition coefficient (Wildman–Crippen LogP) is 3.63. The van der Waals surface area contributed by atoms with Crippen LogP contribution < -0.4 is 0 Å². The van der Waals surface area contributed by atoms with Crippen LogP contribution in [0.2, 0.25) is 5.15 Å². The summed E-state index contributed by atoms with van der Waals surface area (Å²) in [6.45, 7) is 5.88. The highest BCUT2D eigenvalue weighted by Crippen LogP contribution is 2.28. The fourth-order valence-electron chi connectivity index (χ4n) is 2.79. The Hall–Kier alpha value is -2.15. The Morgan fingerprint density at radius 1 is 1.42 bits per heavy atom. The van der Waals surface area contributed by atoms with E-state index in [1.54, 1.807) is 18.5 Å². The van der Waals surface area contributed by atoms with Gasteiger partial charge in [0, 0.05) is 18.4 Å². The lowest BCUT2D eigenvalue weighted by Crippen LogP contribution is -2.45. The number of hydrogen-bond donors (Lipinski definition) is 1. The molecule has 0 spiro atoms. The lowest BCUT2D eigenvalue weighted by Gasteiger charge is -2.34. The number of carbonyl (C=O) groups excluding carboxylic acids is 1. The van der Waals surface area contributed by atoms with E-state index in [1.165, 1.54) is 4.90 Å². The Kier molecular flexibility index (Phi) is 4.21. The Morgan fingerprint density at radius 3 is 2.83 bits per heavy atom. The molecule has 7 nitrogen and oxygen atoms in total. The minimum absolute atomic E-state index is 0.0108. The molecule has 1 atom stereocenters. The van der Waals surface area contributed by atoms with E-state index >= 15 is 0 Å². The van der Waals surface area contributed by atoms with Crippen LogP contribution in [0.25, 0.3) is 10.9 Å². The normalized spacial score (nSPS) is 18.9. The highest BCUT2D eigenvalue weighted by atomic mass is 35.5. The van der Waals surface area contributed by atoms with E-state index in [4.69, 9.17) is 21.7 Å². The van der Waals surface area contributed by atoms with E-state index in [2.05, 4.69) is 10.1 Å². The summed E-state index contributed by atoms with van der Waals surface area (Å²) < 4.78 is 7.22. The topological polar surface area (TPSA) is 84.1 Å². The standard InChI is InChI=1S/C16H20ClN5O2/c1-16(2,3)24-15(23)21-5-4-11(7-14(21)18)22-12-9-19-13(17)6-10(12)8-20-22/h6,8-9,11,18H,4-5,7H2,1-3H3. The zero-order chi connectivity index (χ0) is 17.5. The number of carbonyl (C=O) groups is 1. The van der Waals surface area contributed by atoms with Gasteiger partial charge in [0.25, 0.3) is 0 Å². The molecule has 2 aromatic heterocycles. The second-order valence-corrected chi connectivity index (χ2v) is 7.27. The number of pyridine rings is 1. The maximum absolute atomic E-state index is 12.2. The number of nitrogens with zero attached hydrogens (tertiary/aromatic N) is 4. The van der Waals surface area contributed by atoms with Crippen molar-refractivity contribution in [2.45, 2.75) is 45.3 Å². The highest BCUT2D eigenvalue weighted by molar-refractivity contribution is 6.30. The maximum Gasteiger partial charge on any atom is 0.415 e. The van der Waals surface area contributed by atoms with Crippen LogP contribution in [-0.2, 0) is 4.74 Å². The molecule has 0 aliphatic carbocycles. The number of amidine groups is 1. The van der Waals surface area contributed by atoms with Gasteiger partial charge in [-0.25, -0.2) is 9.78 Å². The number of likely N-dealkylation sites (tertiary alicyclic amines) is 1.